The van der Waals surface area contributed by atoms with Gasteiger partial charge in [-0.1, -0.05) is 60.1 Å². The van der Waals surface area contributed by atoms with Crippen LogP contribution in [-0.2, 0) is 26.2 Å². The first-order chi connectivity index (χ1) is 17.8. The minimum Gasteiger partial charge on any atom is -0.274 e. The van der Waals surface area contributed by atoms with Gasteiger partial charge in [-0.3, -0.25) is 9.59 Å². The molecule has 0 radical (unpaired) electrons. The first kappa shape index (κ1) is 24.7. The molecule has 37 heavy (non-hydrogen) atoms. The number of nitriles is 1. The molecule has 0 bridgehead atoms. The number of carbonyl (C=O) groups is 2. The zero-order chi connectivity index (χ0) is 26.2. The first-order valence-corrected chi connectivity index (χ1v) is 13.2. The van der Waals surface area contributed by atoms with E-state index >= 15 is 0 Å². The molecule has 1 fully saturated rings. The van der Waals surface area contributed by atoms with Crippen LogP contribution in [0.2, 0.25) is 5.02 Å². The molecule has 0 aliphatic carbocycles. The van der Waals surface area contributed by atoms with E-state index in [1.54, 1.807) is 36.4 Å². The number of rotatable bonds is 6. The lowest BCUT2D eigenvalue weighted by Gasteiger charge is -2.27. The highest BCUT2D eigenvalue weighted by atomic mass is 35.5. The predicted octanol–water partition coefficient (Wildman–Crippen LogP) is 4.89. The van der Waals surface area contributed by atoms with Crippen LogP contribution in [0.15, 0.2) is 95.9 Å². The minimum absolute atomic E-state index is 0.00956. The number of anilines is 1. The summed E-state index contributed by atoms with van der Waals surface area (Å²) in [5, 5.41) is 11.0. The summed E-state index contributed by atoms with van der Waals surface area (Å²) in [5.74, 6) is -1.19. The first-order valence-electron chi connectivity index (χ1n) is 11.4. The number of hydrogen-bond donors (Lipinski definition) is 0. The monoisotopic (exact) mass is 529 g/mol. The molecular weight excluding hydrogens is 510 g/mol. The molecule has 0 N–H and O–H groups in total. The number of benzene rings is 4. The lowest BCUT2D eigenvalue weighted by Crippen LogP contribution is -2.45. The second-order valence-corrected chi connectivity index (χ2v) is 10.9. The highest BCUT2D eigenvalue weighted by molar-refractivity contribution is 7.89. The molecule has 2 amide bonds. The number of hydrogen-bond acceptors (Lipinski definition) is 5. The van der Waals surface area contributed by atoms with Gasteiger partial charge in [0.1, 0.15) is 6.04 Å². The van der Waals surface area contributed by atoms with Crippen molar-refractivity contribution in [2.24, 2.45) is 0 Å². The predicted molar refractivity (Wildman–Crippen MR) is 140 cm³/mol. The molecular formula is C28H20ClN3O4S. The van der Waals surface area contributed by atoms with E-state index in [9.17, 15) is 18.0 Å². The van der Waals surface area contributed by atoms with E-state index in [4.69, 9.17) is 16.9 Å². The maximum absolute atomic E-state index is 14.0. The van der Waals surface area contributed by atoms with Crippen molar-refractivity contribution >= 4 is 49.9 Å². The zero-order valence-corrected chi connectivity index (χ0v) is 21.0. The number of sulfonamides is 1. The van der Waals surface area contributed by atoms with E-state index in [0.29, 0.717) is 16.1 Å². The Morgan fingerprint density at radius 1 is 0.919 bits per heavy atom. The molecule has 0 saturated carbocycles. The van der Waals surface area contributed by atoms with Gasteiger partial charge < -0.3 is 0 Å². The van der Waals surface area contributed by atoms with Crippen molar-refractivity contribution in [2.45, 2.75) is 23.9 Å². The third kappa shape index (κ3) is 4.60. The van der Waals surface area contributed by atoms with Gasteiger partial charge in [-0.05, 0) is 58.8 Å². The molecule has 184 valence electrons. The molecule has 0 aromatic heterocycles. The fourth-order valence-electron chi connectivity index (χ4n) is 4.42. The van der Waals surface area contributed by atoms with Crippen molar-refractivity contribution in [1.82, 2.24) is 4.31 Å². The Balaban J connectivity index is 1.58. The minimum atomic E-state index is -4.23. The molecule has 1 atom stereocenters. The van der Waals surface area contributed by atoms with Crippen LogP contribution < -0.4 is 4.90 Å². The van der Waals surface area contributed by atoms with Gasteiger partial charge in [0.15, 0.2) is 0 Å². The molecule has 4 aromatic carbocycles. The molecule has 9 heteroatoms. The van der Waals surface area contributed by atoms with Crippen LogP contribution in [0.3, 0.4) is 0 Å². The van der Waals surface area contributed by atoms with Crippen molar-refractivity contribution in [3.63, 3.8) is 0 Å². The third-order valence-corrected chi connectivity index (χ3v) is 8.56. The quantitative estimate of drug-likeness (QED) is 0.331. The summed E-state index contributed by atoms with van der Waals surface area (Å²) < 4.78 is 29.1. The highest BCUT2D eigenvalue weighted by Crippen LogP contribution is 2.32. The number of halogens is 1. The van der Waals surface area contributed by atoms with E-state index in [-0.39, 0.29) is 23.5 Å². The molecule has 4 aromatic rings. The van der Waals surface area contributed by atoms with Crippen molar-refractivity contribution in [2.75, 3.05) is 4.90 Å². The number of nitrogens with zero attached hydrogens (tertiary/aromatic N) is 3. The molecule has 1 aliphatic heterocycles. The van der Waals surface area contributed by atoms with Gasteiger partial charge in [0, 0.05) is 11.6 Å². The molecule has 1 heterocycles. The van der Waals surface area contributed by atoms with E-state index in [1.165, 1.54) is 30.3 Å². The second-order valence-electron chi connectivity index (χ2n) is 8.60. The van der Waals surface area contributed by atoms with Crippen LogP contribution in [0, 0.1) is 11.3 Å². The summed E-state index contributed by atoms with van der Waals surface area (Å²) in [4.78, 5) is 27.6. The normalized spacial score (nSPS) is 15.9. The van der Waals surface area contributed by atoms with Gasteiger partial charge in [-0.25, -0.2) is 13.3 Å². The fourth-order valence-corrected chi connectivity index (χ4v) is 6.21. The summed E-state index contributed by atoms with van der Waals surface area (Å²) in [6.07, 6.45) is -0.323. The van der Waals surface area contributed by atoms with Gasteiger partial charge in [0.2, 0.25) is 15.9 Å². The highest BCUT2D eigenvalue weighted by Gasteiger charge is 2.47. The zero-order valence-electron chi connectivity index (χ0n) is 19.4. The van der Waals surface area contributed by atoms with Crippen molar-refractivity contribution in [1.29, 1.82) is 5.26 Å². The maximum Gasteiger partial charge on any atom is 0.252 e. The van der Waals surface area contributed by atoms with Gasteiger partial charge >= 0.3 is 0 Å². The lowest BCUT2D eigenvalue weighted by molar-refractivity contribution is -0.122. The Bertz CT molecular complexity index is 1680. The molecule has 5 rings (SSSR count). The Morgan fingerprint density at radius 2 is 1.59 bits per heavy atom. The number of carbonyl (C=O) groups excluding carboxylic acids is 2. The number of imide groups is 1. The van der Waals surface area contributed by atoms with E-state index in [0.717, 1.165) is 20.0 Å². The molecule has 1 saturated heterocycles. The van der Waals surface area contributed by atoms with Crippen LogP contribution in [0.5, 0.6) is 0 Å². The number of amides is 2. The second kappa shape index (κ2) is 9.79. The van der Waals surface area contributed by atoms with E-state index in [1.807, 2.05) is 30.3 Å². The Morgan fingerprint density at radius 3 is 2.30 bits per heavy atom. The average Bonchev–Trinajstić information content (AvgIpc) is 3.20. The van der Waals surface area contributed by atoms with Gasteiger partial charge in [-0.15, -0.1) is 0 Å². The molecule has 1 unspecified atom stereocenters. The van der Waals surface area contributed by atoms with Crippen LogP contribution in [0.1, 0.15) is 17.5 Å². The summed E-state index contributed by atoms with van der Waals surface area (Å²) in [7, 11) is -4.23. The summed E-state index contributed by atoms with van der Waals surface area (Å²) in [5.41, 5.74) is 1.15. The Hall–Kier alpha value is -4.03. The standard InChI is InChI=1S/C28H20ClN3O4S/c29-25-8-4-3-7-22(25)18-31(37(35,36)24-14-11-20-5-1-2-6-21(20)15-24)26-16-27(33)32(28(26)34)23-12-9-19(17-30)10-13-23/h1-15,26H,16,18H2. The lowest BCUT2D eigenvalue weighted by atomic mass is 10.1. The topological polar surface area (TPSA) is 98.5 Å². The summed E-state index contributed by atoms with van der Waals surface area (Å²) in [6, 6.07) is 25.6. The van der Waals surface area contributed by atoms with Crippen LogP contribution in [0.25, 0.3) is 10.8 Å². The number of fused-ring (bicyclic) bond motifs is 1. The van der Waals surface area contributed by atoms with Crippen LogP contribution in [0.4, 0.5) is 5.69 Å². The molecule has 7 nitrogen and oxygen atoms in total. The summed E-state index contributed by atoms with van der Waals surface area (Å²) in [6.45, 7) is -0.195. The van der Waals surface area contributed by atoms with Crippen molar-refractivity contribution < 1.29 is 18.0 Å². The van der Waals surface area contributed by atoms with Crippen molar-refractivity contribution in [3.8, 4) is 6.07 Å². The summed E-state index contributed by atoms with van der Waals surface area (Å²) >= 11 is 6.36. The average molecular weight is 530 g/mol. The van der Waals surface area contributed by atoms with Crippen molar-refractivity contribution in [3.05, 3.63) is 107 Å². The fraction of sp³-hybridized carbons (Fsp3) is 0.107. The smallest absolute Gasteiger partial charge is 0.252 e. The molecule has 0 spiro atoms. The van der Waals surface area contributed by atoms with E-state index in [2.05, 4.69) is 0 Å². The van der Waals surface area contributed by atoms with Gasteiger partial charge in [0.25, 0.3) is 5.91 Å². The third-order valence-electron chi connectivity index (χ3n) is 6.34. The SMILES string of the molecule is N#Cc1ccc(N2C(=O)CC(N(Cc3ccccc3Cl)S(=O)(=O)c3ccc4ccccc4c3)C2=O)cc1. The maximum atomic E-state index is 14.0. The van der Waals surface area contributed by atoms with Crippen LogP contribution >= 0.6 is 11.6 Å². The molecule has 1 aliphatic rings. The Kier molecular flexibility index (Phi) is 6.52. The van der Waals surface area contributed by atoms with Crippen LogP contribution in [-0.4, -0.2) is 30.6 Å². The van der Waals surface area contributed by atoms with Gasteiger partial charge in [-0.2, -0.15) is 9.57 Å². The largest absolute Gasteiger partial charge is 0.274 e. The van der Waals surface area contributed by atoms with E-state index < -0.39 is 27.9 Å². The van der Waals surface area contributed by atoms with Gasteiger partial charge in [0.05, 0.1) is 28.6 Å². The Labute approximate surface area is 219 Å².